The number of pyridine rings is 1. The van der Waals surface area contributed by atoms with Gasteiger partial charge in [0, 0.05) is 34.3 Å². The highest BCUT2D eigenvalue weighted by atomic mass is 35.5. The normalized spacial score (nSPS) is 14.7. The number of aromatic nitrogens is 1. The number of ether oxygens (including phenoxy) is 2. The van der Waals surface area contributed by atoms with E-state index in [4.69, 9.17) is 21.1 Å². The summed E-state index contributed by atoms with van der Waals surface area (Å²) in [4.78, 5) is 41.1. The van der Waals surface area contributed by atoms with Crippen molar-refractivity contribution >= 4 is 40.1 Å². The number of hydrogen-bond acceptors (Lipinski definition) is 6. The van der Waals surface area contributed by atoms with Gasteiger partial charge in [-0.3, -0.25) is 14.4 Å². The van der Waals surface area contributed by atoms with Crippen LogP contribution in [0.1, 0.15) is 36.4 Å². The Morgan fingerprint density at radius 1 is 1.00 bits per heavy atom. The number of hydrazone groups is 1. The Bertz CT molecular complexity index is 1700. The van der Waals surface area contributed by atoms with Gasteiger partial charge in [-0.05, 0) is 41.5 Å². The summed E-state index contributed by atoms with van der Waals surface area (Å²) in [6, 6.07) is 19.4. The quantitative estimate of drug-likeness (QED) is 0.298. The Hall–Kier alpha value is -4.63. The standard InChI is InChI=1S/C30H26ClN3O6/c1-39-24-11-8-18(14-25(24)40-2)23-16-22(33-34(23)26(35)12-13-27(36)37)29-28(17-6-4-3-5-7-17)20-15-19(31)9-10-21(20)32-30(29)38/h3-11,14-15,23H,12-13,16H2,1-2H3,(H,32,38)(H,36,37)/t23-/m0/s1. The zero-order chi connectivity index (χ0) is 28.4. The lowest BCUT2D eigenvalue weighted by Crippen LogP contribution is -2.27. The molecular formula is C30H26ClN3O6. The van der Waals surface area contributed by atoms with E-state index in [1.165, 1.54) is 19.2 Å². The van der Waals surface area contributed by atoms with E-state index in [2.05, 4.69) is 10.1 Å². The van der Waals surface area contributed by atoms with Crippen molar-refractivity contribution in [3.63, 3.8) is 0 Å². The van der Waals surface area contributed by atoms with Crippen molar-refractivity contribution in [2.75, 3.05) is 14.2 Å². The van der Waals surface area contributed by atoms with Gasteiger partial charge in [0.2, 0.25) is 5.91 Å². The lowest BCUT2D eigenvalue weighted by molar-refractivity contribution is -0.141. The predicted octanol–water partition coefficient (Wildman–Crippen LogP) is 5.41. The van der Waals surface area contributed by atoms with Crippen molar-refractivity contribution < 1.29 is 24.2 Å². The van der Waals surface area contributed by atoms with Gasteiger partial charge in [-0.1, -0.05) is 48.0 Å². The molecule has 0 bridgehead atoms. The molecular weight excluding hydrogens is 534 g/mol. The van der Waals surface area contributed by atoms with Gasteiger partial charge in [-0.2, -0.15) is 5.10 Å². The molecule has 1 atom stereocenters. The van der Waals surface area contributed by atoms with E-state index in [1.54, 1.807) is 36.4 Å². The third kappa shape index (κ3) is 5.15. The first kappa shape index (κ1) is 27.0. The van der Waals surface area contributed by atoms with Gasteiger partial charge in [0.25, 0.3) is 5.56 Å². The highest BCUT2D eigenvalue weighted by Crippen LogP contribution is 2.40. The number of amides is 1. The van der Waals surface area contributed by atoms with Crippen molar-refractivity contribution in [2.24, 2.45) is 5.10 Å². The Labute approximate surface area is 234 Å². The van der Waals surface area contributed by atoms with Gasteiger partial charge in [0.1, 0.15) is 0 Å². The lowest BCUT2D eigenvalue weighted by Gasteiger charge is -2.22. The average molecular weight is 560 g/mol. The molecule has 0 unspecified atom stereocenters. The minimum absolute atomic E-state index is 0.212. The molecule has 2 heterocycles. The molecule has 4 aromatic rings. The number of aliphatic carboxylic acids is 1. The molecule has 1 amide bonds. The fraction of sp³-hybridized carbons (Fsp3) is 0.200. The van der Waals surface area contributed by atoms with Crippen LogP contribution >= 0.6 is 11.6 Å². The van der Waals surface area contributed by atoms with E-state index in [-0.39, 0.29) is 24.8 Å². The molecule has 0 saturated heterocycles. The Balaban J connectivity index is 1.69. The van der Waals surface area contributed by atoms with E-state index in [0.29, 0.717) is 44.4 Å². The van der Waals surface area contributed by atoms with Gasteiger partial charge >= 0.3 is 5.97 Å². The molecule has 3 aromatic carbocycles. The van der Waals surface area contributed by atoms with Crippen LogP contribution in [-0.2, 0) is 9.59 Å². The van der Waals surface area contributed by atoms with Crippen LogP contribution in [-0.4, -0.2) is 46.9 Å². The third-order valence-corrected chi connectivity index (χ3v) is 7.07. The minimum atomic E-state index is -1.09. The number of aromatic amines is 1. The molecule has 1 aliphatic heterocycles. The van der Waals surface area contributed by atoms with Crippen molar-refractivity contribution in [3.05, 3.63) is 93.2 Å². The molecule has 0 radical (unpaired) electrons. The minimum Gasteiger partial charge on any atom is -0.493 e. The van der Waals surface area contributed by atoms with E-state index in [0.717, 1.165) is 10.9 Å². The predicted molar refractivity (Wildman–Crippen MR) is 152 cm³/mol. The van der Waals surface area contributed by atoms with Crippen molar-refractivity contribution in [2.45, 2.75) is 25.3 Å². The van der Waals surface area contributed by atoms with Crippen LogP contribution in [0.2, 0.25) is 5.02 Å². The molecule has 0 aliphatic carbocycles. The molecule has 204 valence electrons. The summed E-state index contributed by atoms with van der Waals surface area (Å²) in [7, 11) is 3.04. The molecule has 0 saturated carbocycles. The van der Waals surface area contributed by atoms with Crippen molar-refractivity contribution in [3.8, 4) is 22.6 Å². The monoisotopic (exact) mass is 559 g/mol. The molecule has 0 fully saturated rings. The summed E-state index contributed by atoms with van der Waals surface area (Å²) < 4.78 is 10.8. The van der Waals surface area contributed by atoms with Crippen LogP contribution in [0.4, 0.5) is 0 Å². The summed E-state index contributed by atoms with van der Waals surface area (Å²) in [5, 5.41) is 16.3. The second-order valence-corrected chi connectivity index (χ2v) is 9.71. The first-order valence-corrected chi connectivity index (χ1v) is 12.9. The highest BCUT2D eigenvalue weighted by Gasteiger charge is 2.36. The number of nitrogens with zero attached hydrogens (tertiary/aromatic N) is 2. The maximum atomic E-state index is 13.6. The molecule has 40 heavy (non-hydrogen) atoms. The zero-order valence-corrected chi connectivity index (χ0v) is 22.6. The molecule has 1 aliphatic rings. The van der Waals surface area contributed by atoms with Crippen LogP contribution in [0.3, 0.4) is 0 Å². The zero-order valence-electron chi connectivity index (χ0n) is 21.8. The Morgan fingerprint density at radius 3 is 2.45 bits per heavy atom. The van der Waals surface area contributed by atoms with Gasteiger partial charge < -0.3 is 19.6 Å². The van der Waals surface area contributed by atoms with Crippen LogP contribution in [0.15, 0.2) is 76.6 Å². The first-order chi connectivity index (χ1) is 19.3. The fourth-order valence-electron chi connectivity index (χ4n) is 4.98. The number of carbonyl (C=O) groups excluding carboxylic acids is 1. The molecule has 5 rings (SSSR count). The topological polar surface area (TPSA) is 121 Å². The van der Waals surface area contributed by atoms with Crippen molar-refractivity contribution in [1.29, 1.82) is 0 Å². The number of carbonyl (C=O) groups is 2. The number of H-pyrrole nitrogens is 1. The molecule has 1 aromatic heterocycles. The Kier molecular flexibility index (Phi) is 7.57. The number of carboxylic acid groups (broad SMARTS) is 1. The van der Waals surface area contributed by atoms with E-state index in [1.807, 2.05) is 30.3 Å². The van der Waals surface area contributed by atoms with Gasteiger partial charge in [0.15, 0.2) is 11.5 Å². The number of hydrogen-bond donors (Lipinski definition) is 2. The lowest BCUT2D eigenvalue weighted by atomic mass is 9.91. The molecule has 10 heteroatoms. The number of halogens is 1. The van der Waals surface area contributed by atoms with Crippen LogP contribution in [0, 0.1) is 0 Å². The second-order valence-electron chi connectivity index (χ2n) is 9.27. The molecule has 0 spiro atoms. The number of fused-ring (bicyclic) bond motifs is 1. The summed E-state index contributed by atoms with van der Waals surface area (Å²) >= 11 is 6.37. The van der Waals surface area contributed by atoms with Crippen LogP contribution in [0.25, 0.3) is 22.0 Å². The SMILES string of the molecule is COc1ccc([C@@H]2CC(c3c(-c4ccccc4)c4cc(Cl)ccc4[nH]c3=O)=NN2C(=O)CCC(=O)O)cc1OC. The van der Waals surface area contributed by atoms with Gasteiger partial charge in [0.05, 0.1) is 38.0 Å². The number of rotatable bonds is 8. The number of carboxylic acids is 1. The number of nitrogens with one attached hydrogen (secondary N) is 1. The van der Waals surface area contributed by atoms with E-state index in [9.17, 15) is 19.5 Å². The number of benzene rings is 3. The summed E-state index contributed by atoms with van der Waals surface area (Å²) in [5.41, 5.74) is 3.09. The largest absolute Gasteiger partial charge is 0.493 e. The van der Waals surface area contributed by atoms with Gasteiger partial charge in [-0.25, -0.2) is 5.01 Å². The smallest absolute Gasteiger partial charge is 0.303 e. The second kappa shape index (κ2) is 11.2. The fourth-order valence-corrected chi connectivity index (χ4v) is 5.16. The summed E-state index contributed by atoms with van der Waals surface area (Å²) in [6.07, 6.45) is -0.377. The first-order valence-electron chi connectivity index (χ1n) is 12.5. The third-order valence-electron chi connectivity index (χ3n) is 6.84. The summed E-state index contributed by atoms with van der Waals surface area (Å²) in [5.74, 6) is -0.578. The average Bonchev–Trinajstić information content (AvgIpc) is 3.40. The van der Waals surface area contributed by atoms with E-state index < -0.39 is 17.9 Å². The maximum Gasteiger partial charge on any atom is 0.303 e. The Morgan fingerprint density at radius 2 is 1.75 bits per heavy atom. The van der Waals surface area contributed by atoms with Gasteiger partial charge in [-0.15, -0.1) is 0 Å². The van der Waals surface area contributed by atoms with E-state index >= 15 is 0 Å². The maximum absolute atomic E-state index is 13.6. The highest BCUT2D eigenvalue weighted by molar-refractivity contribution is 6.31. The number of methoxy groups -OCH3 is 2. The van der Waals surface area contributed by atoms with Crippen molar-refractivity contribution in [1.82, 2.24) is 9.99 Å². The van der Waals surface area contributed by atoms with Crippen LogP contribution < -0.4 is 15.0 Å². The van der Waals surface area contributed by atoms with Crippen LogP contribution in [0.5, 0.6) is 11.5 Å². The molecule has 2 N–H and O–H groups in total. The summed E-state index contributed by atoms with van der Waals surface area (Å²) in [6.45, 7) is 0. The molecule has 9 nitrogen and oxygen atoms in total.